The van der Waals surface area contributed by atoms with Gasteiger partial charge in [-0.2, -0.15) is 0 Å². The molecule has 1 amide bonds. The van der Waals surface area contributed by atoms with Gasteiger partial charge in [-0.3, -0.25) is 4.79 Å². The summed E-state index contributed by atoms with van der Waals surface area (Å²) in [5.41, 5.74) is 8.09. The monoisotopic (exact) mass is 328 g/mol. The summed E-state index contributed by atoms with van der Waals surface area (Å²) in [7, 11) is 0. The Labute approximate surface area is 137 Å². The summed E-state index contributed by atoms with van der Waals surface area (Å²) >= 11 is 6.22. The third-order valence-corrected chi connectivity index (χ3v) is 5.02. The van der Waals surface area contributed by atoms with E-state index in [1.165, 1.54) is 12.0 Å². The van der Waals surface area contributed by atoms with E-state index in [0.717, 1.165) is 49.2 Å². The molecule has 3 nitrogen and oxygen atoms in total. The molecule has 1 fully saturated rings. The van der Waals surface area contributed by atoms with Crippen molar-refractivity contribution in [1.29, 1.82) is 0 Å². The lowest BCUT2D eigenvalue weighted by Crippen LogP contribution is -2.57. The van der Waals surface area contributed by atoms with Crippen LogP contribution in [0.4, 0.5) is 0 Å². The number of nitrogens with zero attached hydrogens (tertiary/aromatic N) is 1. The van der Waals surface area contributed by atoms with Gasteiger partial charge in [0, 0.05) is 18.1 Å². The van der Waals surface area contributed by atoms with Crippen molar-refractivity contribution >= 4 is 29.9 Å². The highest BCUT2D eigenvalue weighted by molar-refractivity contribution is 6.31. The Morgan fingerprint density at radius 2 is 1.95 bits per heavy atom. The zero-order valence-electron chi connectivity index (χ0n) is 12.1. The van der Waals surface area contributed by atoms with Gasteiger partial charge in [0.25, 0.3) is 0 Å². The van der Waals surface area contributed by atoms with Crippen LogP contribution >= 0.6 is 24.0 Å². The number of carbonyl (C=O) groups is 1. The minimum absolute atomic E-state index is 0. The van der Waals surface area contributed by atoms with Crippen LogP contribution in [0.2, 0.25) is 5.02 Å². The molecule has 1 aliphatic heterocycles. The third-order valence-electron chi connectivity index (χ3n) is 4.67. The quantitative estimate of drug-likeness (QED) is 0.859. The number of halogens is 2. The standard InChI is InChI=1S/C16H21ClN2O.ClH/c17-14-6-4-5-12-11-19(10-7-13(12)14)15(20)16(18)8-2-1-3-9-16;/h4-6H,1-3,7-11,18H2;1H. The van der Waals surface area contributed by atoms with Gasteiger partial charge in [0.1, 0.15) is 0 Å². The zero-order valence-corrected chi connectivity index (χ0v) is 13.7. The van der Waals surface area contributed by atoms with E-state index < -0.39 is 5.54 Å². The lowest BCUT2D eigenvalue weighted by atomic mass is 9.81. The fraction of sp³-hybridized carbons (Fsp3) is 0.562. The van der Waals surface area contributed by atoms with Crippen LogP contribution in [-0.4, -0.2) is 22.9 Å². The van der Waals surface area contributed by atoms with Gasteiger partial charge in [-0.25, -0.2) is 0 Å². The van der Waals surface area contributed by atoms with Gasteiger partial charge >= 0.3 is 0 Å². The number of amides is 1. The maximum Gasteiger partial charge on any atom is 0.242 e. The first-order chi connectivity index (χ1) is 9.60. The van der Waals surface area contributed by atoms with E-state index in [0.29, 0.717) is 6.54 Å². The Hall–Kier alpha value is -0.770. The van der Waals surface area contributed by atoms with Gasteiger partial charge in [-0.15, -0.1) is 12.4 Å². The number of carbonyl (C=O) groups excluding carboxylic acids is 1. The normalized spacial score (nSPS) is 20.4. The fourth-order valence-corrected chi connectivity index (χ4v) is 3.74. The van der Waals surface area contributed by atoms with E-state index in [4.69, 9.17) is 17.3 Å². The molecule has 0 spiro atoms. The number of benzene rings is 1. The van der Waals surface area contributed by atoms with Crippen molar-refractivity contribution in [2.45, 2.75) is 50.6 Å². The van der Waals surface area contributed by atoms with Crippen LogP contribution in [0.25, 0.3) is 0 Å². The first-order valence-electron chi connectivity index (χ1n) is 7.45. The second-order valence-electron chi connectivity index (χ2n) is 6.07. The number of fused-ring (bicyclic) bond motifs is 1. The van der Waals surface area contributed by atoms with Crippen molar-refractivity contribution in [2.75, 3.05) is 6.54 Å². The Balaban J connectivity index is 0.00000161. The highest BCUT2D eigenvalue weighted by Gasteiger charge is 2.39. The van der Waals surface area contributed by atoms with Gasteiger partial charge < -0.3 is 10.6 Å². The molecule has 1 aromatic carbocycles. The van der Waals surface area contributed by atoms with E-state index in [2.05, 4.69) is 6.07 Å². The van der Waals surface area contributed by atoms with Crippen LogP contribution in [-0.2, 0) is 17.8 Å². The van der Waals surface area contributed by atoms with Crippen molar-refractivity contribution < 1.29 is 4.79 Å². The average Bonchev–Trinajstić information content (AvgIpc) is 2.47. The van der Waals surface area contributed by atoms with Crippen LogP contribution in [0, 0.1) is 0 Å². The molecule has 3 rings (SSSR count). The van der Waals surface area contributed by atoms with Gasteiger partial charge in [0.05, 0.1) is 5.54 Å². The number of rotatable bonds is 1. The molecule has 0 saturated heterocycles. The lowest BCUT2D eigenvalue weighted by molar-refractivity contribution is -0.139. The Morgan fingerprint density at radius 1 is 1.24 bits per heavy atom. The molecule has 2 N–H and O–H groups in total. The number of hydrogen-bond donors (Lipinski definition) is 1. The number of hydrogen-bond acceptors (Lipinski definition) is 2. The van der Waals surface area contributed by atoms with Crippen molar-refractivity contribution in [2.24, 2.45) is 5.73 Å². The average molecular weight is 329 g/mol. The maximum atomic E-state index is 12.7. The first-order valence-corrected chi connectivity index (χ1v) is 7.82. The predicted molar refractivity (Wildman–Crippen MR) is 87.8 cm³/mol. The van der Waals surface area contributed by atoms with E-state index in [1.807, 2.05) is 17.0 Å². The summed E-state index contributed by atoms with van der Waals surface area (Å²) < 4.78 is 0. The van der Waals surface area contributed by atoms with E-state index in [1.54, 1.807) is 0 Å². The minimum atomic E-state index is -0.631. The second kappa shape index (κ2) is 6.55. The summed E-state index contributed by atoms with van der Waals surface area (Å²) in [6.07, 6.45) is 5.81. The third kappa shape index (κ3) is 3.20. The topological polar surface area (TPSA) is 46.3 Å². The summed E-state index contributed by atoms with van der Waals surface area (Å²) in [6.45, 7) is 1.38. The highest BCUT2D eigenvalue weighted by Crippen LogP contribution is 2.31. The molecule has 1 aromatic rings. The van der Waals surface area contributed by atoms with Crippen LogP contribution in [0.15, 0.2) is 18.2 Å². The zero-order chi connectivity index (χ0) is 14.2. The van der Waals surface area contributed by atoms with Crippen LogP contribution in [0.1, 0.15) is 43.2 Å². The molecular formula is C16H22Cl2N2O. The lowest BCUT2D eigenvalue weighted by Gasteiger charge is -2.39. The van der Waals surface area contributed by atoms with Gasteiger partial charge in [-0.05, 0) is 36.5 Å². The summed E-state index contributed by atoms with van der Waals surface area (Å²) in [4.78, 5) is 14.7. The molecule has 0 bridgehead atoms. The van der Waals surface area contributed by atoms with Crippen molar-refractivity contribution in [1.82, 2.24) is 4.90 Å². The smallest absolute Gasteiger partial charge is 0.242 e. The largest absolute Gasteiger partial charge is 0.336 e. The van der Waals surface area contributed by atoms with Crippen molar-refractivity contribution in [3.8, 4) is 0 Å². The van der Waals surface area contributed by atoms with Gasteiger partial charge in [0.15, 0.2) is 0 Å². The Kier molecular flexibility index (Phi) is 5.18. The molecule has 1 aliphatic carbocycles. The summed E-state index contributed by atoms with van der Waals surface area (Å²) in [5, 5.41) is 0.815. The SMILES string of the molecule is Cl.NC1(C(=O)N2CCc3c(Cl)cccc3C2)CCCCC1. The molecule has 5 heteroatoms. The maximum absolute atomic E-state index is 12.7. The molecular weight excluding hydrogens is 307 g/mol. The van der Waals surface area contributed by atoms with Crippen LogP contribution in [0.5, 0.6) is 0 Å². The van der Waals surface area contributed by atoms with Crippen LogP contribution < -0.4 is 5.73 Å². The molecule has 21 heavy (non-hydrogen) atoms. The van der Waals surface area contributed by atoms with E-state index in [-0.39, 0.29) is 18.3 Å². The van der Waals surface area contributed by atoms with Crippen molar-refractivity contribution in [3.05, 3.63) is 34.3 Å². The molecule has 2 aliphatic rings. The van der Waals surface area contributed by atoms with E-state index >= 15 is 0 Å². The van der Waals surface area contributed by atoms with Crippen molar-refractivity contribution in [3.63, 3.8) is 0 Å². The van der Waals surface area contributed by atoms with Gasteiger partial charge in [0.2, 0.25) is 5.91 Å². The molecule has 0 unspecified atom stereocenters. The molecule has 116 valence electrons. The first kappa shape index (κ1) is 16.6. The highest BCUT2D eigenvalue weighted by atomic mass is 35.5. The van der Waals surface area contributed by atoms with Crippen LogP contribution in [0.3, 0.4) is 0 Å². The summed E-state index contributed by atoms with van der Waals surface area (Å²) in [5.74, 6) is 0.128. The predicted octanol–water partition coefficient (Wildman–Crippen LogP) is 3.31. The van der Waals surface area contributed by atoms with Gasteiger partial charge in [-0.1, -0.05) is 43.0 Å². The molecule has 1 heterocycles. The minimum Gasteiger partial charge on any atom is -0.336 e. The van der Waals surface area contributed by atoms with E-state index in [9.17, 15) is 4.79 Å². The molecule has 0 aromatic heterocycles. The second-order valence-corrected chi connectivity index (χ2v) is 6.48. The molecule has 0 atom stereocenters. The number of nitrogens with two attached hydrogens (primary N) is 1. The Bertz CT molecular complexity index is 527. The fourth-order valence-electron chi connectivity index (χ4n) is 3.45. The molecule has 0 radical (unpaired) electrons. The summed E-state index contributed by atoms with van der Waals surface area (Å²) in [6, 6.07) is 5.93. The molecule has 1 saturated carbocycles. The Morgan fingerprint density at radius 3 is 2.67 bits per heavy atom.